The van der Waals surface area contributed by atoms with Gasteiger partial charge in [0.05, 0.1) is 19.6 Å². The summed E-state index contributed by atoms with van der Waals surface area (Å²) in [5, 5.41) is 2.97. The number of rotatable bonds is 8. The Bertz CT molecular complexity index is 1170. The molecule has 1 saturated heterocycles. The molecule has 1 aliphatic heterocycles. The summed E-state index contributed by atoms with van der Waals surface area (Å²) in [7, 11) is 1.38. The van der Waals surface area contributed by atoms with Crippen molar-refractivity contribution in [3.8, 4) is 5.75 Å². The molecule has 0 aromatic heterocycles. The van der Waals surface area contributed by atoms with Crippen LogP contribution in [0.3, 0.4) is 0 Å². The Morgan fingerprint density at radius 3 is 2.32 bits per heavy atom. The Hall–Kier alpha value is -3.42. The van der Waals surface area contributed by atoms with E-state index in [1.54, 1.807) is 17.0 Å². The first kappa shape index (κ1) is 26.2. The highest BCUT2D eigenvalue weighted by molar-refractivity contribution is 5.94. The number of benzene rings is 2. The molecule has 0 radical (unpaired) electrons. The molecule has 202 valence electrons. The summed E-state index contributed by atoms with van der Waals surface area (Å²) in [4.78, 5) is 39.1. The number of hydrogen-bond donors (Lipinski definition) is 1. The molecule has 0 spiro atoms. The molecule has 8 heteroatoms. The van der Waals surface area contributed by atoms with Gasteiger partial charge in [0.1, 0.15) is 0 Å². The van der Waals surface area contributed by atoms with E-state index in [0.717, 1.165) is 31.4 Å². The quantitative estimate of drug-likeness (QED) is 0.484. The second kappa shape index (κ2) is 11.5. The van der Waals surface area contributed by atoms with Crippen molar-refractivity contribution in [2.75, 3.05) is 32.1 Å². The molecule has 2 amide bonds. The van der Waals surface area contributed by atoms with Crippen molar-refractivity contribution in [3.63, 3.8) is 0 Å². The lowest BCUT2D eigenvalue weighted by Crippen LogP contribution is -2.38. The van der Waals surface area contributed by atoms with Crippen LogP contribution in [0.4, 0.5) is 10.1 Å². The molecule has 2 unspecified atom stereocenters. The van der Waals surface area contributed by atoms with Gasteiger partial charge in [-0.3, -0.25) is 14.4 Å². The molecule has 2 saturated carbocycles. The molecule has 5 rings (SSSR count). The zero-order valence-corrected chi connectivity index (χ0v) is 21.8. The average Bonchev–Trinajstić information content (AvgIpc) is 3.64. The molecule has 0 bridgehead atoms. The van der Waals surface area contributed by atoms with E-state index in [1.165, 1.54) is 18.7 Å². The van der Waals surface area contributed by atoms with Crippen molar-refractivity contribution >= 4 is 23.5 Å². The fourth-order valence-corrected chi connectivity index (χ4v) is 5.52. The van der Waals surface area contributed by atoms with Gasteiger partial charge in [-0.15, -0.1) is 0 Å². The van der Waals surface area contributed by atoms with Gasteiger partial charge in [-0.25, -0.2) is 4.39 Å². The SMILES string of the molecule is COC(=O)C1CCC(C(=O)Nc2ccc(C3CCN(C(=O)c4ccc(OCC5CC5)c(F)c4)CC3)cc2)C1. The smallest absolute Gasteiger partial charge is 0.308 e. The van der Waals surface area contributed by atoms with Crippen molar-refractivity contribution in [2.24, 2.45) is 17.8 Å². The number of nitrogens with zero attached hydrogens (tertiary/aromatic N) is 1. The number of amides is 2. The largest absolute Gasteiger partial charge is 0.490 e. The van der Waals surface area contributed by atoms with Gasteiger partial charge in [0.25, 0.3) is 5.91 Å². The van der Waals surface area contributed by atoms with Crippen LogP contribution >= 0.6 is 0 Å². The number of ether oxygens (including phenoxy) is 2. The van der Waals surface area contributed by atoms with E-state index in [4.69, 9.17) is 9.47 Å². The van der Waals surface area contributed by atoms with E-state index in [2.05, 4.69) is 5.32 Å². The summed E-state index contributed by atoms with van der Waals surface area (Å²) >= 11 is 0. The number of hydrogen-bond acceptors (Lipinski definition) is 5. The number of nitrogens with one attached hydrogen (secondary N) is 1. The van der Waals surface area contributed by atoms with Gasteiger partial charge in [0.2, 0.25) is 5.91 Å². The first-order valence-corrected chi connectivity index (χ1v) is 13.6. The monoisotopic (exact) mass is 522 g/mol. The van der Waals surface area contributed by atoms with Crippen LogP contribution in [0.25, 0.3) is 0 Å². The Labute approximate surface area is 222 Å². The van der Waals surface area contributed by atoms with E-state index in [0.29, 0.717) is 56.4 Å². The third kappa shape index (κ3) is 6.17. The van der Waals surface area contributed by atoms with Crippen LogP contribution in [-0.2, 0) is 14.3 Å². The first-order chi connectivity index (χ1) is 18.4. The second-order valence-electron chi connectivity index (χ2n) is 10.8. The predicted molar refractivity (Wildman–Crippen MR) is 140 cm³/mol. The molecular weight excluding hydrogens is 487 g/mol. The Kier molecular flexibility index (Phi) is 7.95. The number of halogens is 1. The highest BCUT2D eigenvalue weighted by Crippen LogP contribution is 2.34. The zero-order valence-electron chi connectivity index (χ0n) is 21.8. The van der Waals surface area contributed by atoms with E-state index in [9.17, 15) is 18.8 Å². The number of carbonyl (C=O) groups excluding carboxylic acids is 3. The predicted octanol–water partition coefficient (Wildman–Crippen LogP) is 5.16. The Morgan fingerprint density at radius 1 is 0.947 bits per heavy atom. The summed E-state index contributed by atoms with van der Waals surface area (Å²) in [5.41, 5.74) is 2.25. The van der Waals surface area contributed by atoms with Crippen LogP contribution in [0.5, 0.6) is 5.75 Å². The topological polar surface area (TPSA) is 84.9 Å². The number of likely N-dealkylation sites (tertiary alicyclic amines) is 1. The lowest BCUT2D eigenvalue weighted by Gasteiger charge is -2.32. The molecule has 3 fully saturated rings. The molecule has 2 atom stereocenters. The van der Waals surface area contributed by atoms with Crippen molar-refractivity contribution in [1.29, 1.82) is 0 Å². The molecule has 1 heterocycles. The van der Waals surface area contributed by atoms with Crippen LogP contribution in [0.15, 0.2) is 42.5 Å². The fourth-order valence-electron chi connectivity index (χ4n) is 5.52. The maximum absolute atomic E-state index is 14.5. The van der Waals surface area contributed by atoms with Crippen molar-refractivity contribution in [1.82, 2.24) is 4.90 Å². The molecule has 7 nitrogen and oxygen atoms in total. The highest BCUT2D eigenvalue weighted by Gasteiger charge is 2.34. The molecule has 2 aromatic rings. The van der Waals surface area contributed by atoms with Crippen LogP contribution in [0.1, 0.15) is 66.8 Å². The molecule has 1 N–H and O–H groups in total. The van der Waals surface area contributed by atoms with Crippen LogP contribution in [0.2, 0.25) is 0 Å². The second-order valence-corrected chi connectivity index (χ2v) is 10.8. The van der Waals surface area contributed by atoms with Gasteiger partial charge < -0.3 is 19.7 Å². The average molecular weight is 523 g/mol. The van der Waals surface area contributed by atoms with E-state index < -0.39 is 5.82 Å². The van der Waals surface area contributed by atoms with Crippen LogP contribution < -0.4 is 10.1 Å². The highest BCUT2D eigenvalue weighted by atomic mass is 19.1. The molecule has 2 aromatic carbocycles. The summed E-state index contributed by atoms with van der Waals surface area (Å²) in [6, 6.07) is 12.4. The number of anilines is 1. The minimum atomic E-state index is -0.491. The first-order valence-electron chi connectivity index (χ1n) is 13.6. The summed E-state index contributed by atoms with van der Waals surface area (Å²) in [6.45, 7) is 1.74. The molecule has 3 aliphatic rings. The standard InChI is InChI=1S/C30H35FN2O5/c1-37-30(36)24-5-4-22(16-24)28(34)32-25-9-6-20(7-10-25)21-12-14-33(15-13-21)29(35)23-8-11-27(26(31)17-23)38-18-19-2-3-19/h6-11,17,19,21-22,24H,2-5,12-16,18H2,1H3,(H,32,34). The Morgan fingerprint density at radius 2 is 1.66 bits per heavy atom. The van der Waals surface area contributed by atoms with E-state index in [-0.39, 0.29) is 35.4 Å². The zero-order chi connectivity index (χ0) is 26.6. The minimum Gasteiger partial charge on any atom is -0.490 e. The third-order valence-corrected chi connectivity index (χ3v) is 8.12. The molecule has 2 aliphatic carbocycles. The van der Waals surface area contributed by atoms with Gasteiger partial charge >= 0.3 is 5.97 Å². The molecule has 38 heavy (non-hydrogen) atoms. The maximum Gasteiger partial charge on any atom is 0.308 e. The summed E-state index contributed by atoms with van der Waals surface area (Å²) in [6.07, 6.45) is 5.80. The number of piperidine rings is 1. The number of methoxy groups -OCH3 is 1. The van der Waals surface area contributed by atoms with Gasteiger partial charge in [-0.05, 0) is 92.7 Å². The van der Waals surface area contributed by atoms with Crippen molar-refractivity contribution in [2.45, 2.75) is 50.9 Å². The normalized spacial score (nSPS) is 21.7. The lowest BCUT2D eigenvalue weighted by atomic mass is 9.89. The Balaban J connectivity index is 1.10. The molecular formula is C30H35FN2O5. The van der Waals surface area contributed by atoms with Crippen molar-refractivity contribution < 1.29 is 28.2 Å². The van der Waals surface area contributed by atoms with Gasteiger partial charge in [0.15, 0.2) is 11.6 Å². The number of carbonyl (C=O) groups is 3. The van der Waals surface area contributed by atoms with Gasteiger partial charge in [0, 0.05) is 30.3 Å². The third-order valence-electron chi connectivity index (χ3n) is 8.12. The maximum atomic E-state index is 14.5. The van der Waals surface area contributed by atoms with E-state index >= 15 is 0 Å². The van der Waals surface area contributed by atoms with Gasteiger partial charge in [-0.1, -0.05) is 12.1 Å². The summed E-state index contributed by atoms with van der Waals surface area (Å²) in [5.74, 6) is -0.265. The number of esters is 1. The minimum absolute atomic E-state index is 0.0603. The van der Waals surface area contributed by atoms with Crippen LogP contribution in [0, 0.1) is 23.6 Å². The fraction of sp³-hybridized carbons (Fsp3) is 0.500. The van der Waals surface area contributed by atoms with Crippen molar-refractivity contribution in [3.05, 3.63) is 59.4 Å². The van der Waals surface area contributed by atoms with Gasteiger partial charge in [-0.2, -0.15) is 0 Å². The van der Waals surface area contributed by atoms with E-state index in [1.807, 2.05) is 24.3 Å². The summed E-state index contributed by atoms with van der Waals surface area (Å²) < 4.78 is 24.8. The van der Waals surface area contributed by atoms with Crippen LogP contribution in [-0.4, -0.2) is 49.5 Å². The lowest BCUT2D eigenvalue weighted by molar-refractivity contribution is -0.145.